The van der Waals surface area contributed by atoms with Gasteiger partial charge in [-0.15, -0.1) is 11.3 Å². The van der Waals surface area contributed by atoms with Gasteiger partial charge in [0.15, 0.2) is 0 Å². The predicted molar refractivity (Wildman–Crippen MR) is 113 cm³/mol. The summed E-state index contributed by atoms with van der Waals surface area (Å²) in [5.41, 5.74) is 2.22. The highest BCUT2D eigenvalue weighted by Crippen LogP contribution is 2.34. The van der Waals surface area contributed by atoms with Crippen LogP contribution in [0.4, 0.5) is 10.2 Å². The van der Waals surface area contributed by atoms with E-state index in [2.05, 4.69) is 15.4 Å². The van der Waals surface area contributed by atoms with E-state index in [0.717, 1.165) is 29.7 Å². The van der Waals surface area contributed by atoms with Crippen molar-refractivity contribution in [2.75, 3.05) is 5.32 Å². The van der Waals surface area contributed by atoms with Crippen LogP contribution in [0.1, 0.15) is 22.6 Å². The summed E-state index contributed by atoms with van der Waals surface area (Å²) in [6.07, 6.45) is 4.36. The predicted octanol–water partition coefficient (Wildman–Crippen LogP) is 3.22. The number of fused-ring (bicyclic) bond motifs is 3. The van der Waals surface area contributed by atoms with Crippen LogP contribution in [-0.4, -0.2) is 25.2 Å². The van der Waals surface area contributed by atoms with Gasteiger partial charge in [0.2, 0.25) is 5.91 Å². The van der Waals surface area contributed by atoms with E-state index in [1.807, 2.05) is 0 Å². The number of benzene rings is 1. The zero-order valence-electron chi connectivity index (χ0n) is 16.2. The fourth-order valence-corrected chi connectivity index (χ4v) is 5.06. The van der Waals surface area contributed by atoms with Crippen LogP contribution >= 0.6 is 11.3 Å². The van der Waals surface area contributed by atoms with Crippen molar-refractivity contribution in [3.63, 3.8) is 0 Å². The fourth-order valence-electron chi connectivity index (χ4n) is 3.84. The Bertz CT molecular complexity index is 1340. The highest BCUT2D eigenvalue weighted by molar-refractivity contribution is 7.18. The number of halogens is 1. The van der Waals surface area contributed by atoms with Gasteiger partial charge < -0.3 is 5.32 Å². The van der Waals surface area contributed by atoms with Crippen LogP contribution in [-0.2, 0) is 24.2 Å². The quantitative estimate of drug-likeness (QED) is 0.547. The van der Waals surface area contributed by atoms with Crippen LogP contribution in [0.2, 0.25) is 0 Å². The van der Waals surface area contributed by atoms with E-state index in [0.29, 0.717) is 22.6 Å². The molecule has 4 aromatic rings. The Morgan fingerprint density at radius 2 is 2.07 bits per heavy atom. The minimum Gasteiger partial charge on any atom is -0.309 e. The molecule has 3 aromatic heterocycles. The molecule has 0 saturated carbocycles. The Morgan fingerprint density at radius 3 is 2.87 bits per heavy atom. The van der Waals surface area contributed by atoms with Crippen molar-refractivity contribution in [1.29, 1.82) is 0 Å². The molecule has 152 valence electrons. The zero-order valence-corrected chi connectivity index (χ0v) is 17.0. The number of thiophene rings is 1. The van der Waals surface area contributed by atoms with Crippen molar-refractivity contribution in [1.82, 2.24) is 19.3 Å². The SMILES string of the molecule is Cc1cc(NC(=O)Cn2cnc3sc4c(c3c2=O)CCC4)n(-c2ccc(F)cc2)n1. The molecule has 0 fully saturated rings. The molecular formula is C21H18FN5O2S. The van der Waals surface area contributed by atoms with E-state index in [4.69, 9.17) is 0 Å². The molecule has 0 radical (unpaired) electrons. The van der Waals surface area contributed by atoms with Gasteiger partial charge in [-0.05, 0) is 56.0 Å². The van der Waals surface area contributed by atoms with Gasteiger partial charge in [-0.3, -0.25) is 14.2 Å². The smallest absolute Gasteiger partial charge is 0.262 e. The third-order valence-corrected chi connectivity index (χ3v) is 6.38. The summed E-state index contributed by atoms with van der Waals surface area (Å²) in [6.45, 7) is 1.65. The van der Waals surface area contributed by atoms with Gasteiger partial charge in [0.1, 0.15) is 23.0 Å². The first kappa shape index (κ1) is 18.7. The first-order chi connectivity index (χ1) is 14.5. The molecule has 0 saturated heterocycles. The van der Waals surface area contributed by atoms with Crippen LogP contribution in [0.25, 0.3) is 15.9 Å². The summed E-state index contributed by atoms with van der Waals surface area (Å²) >= 11 is 1.57. The number of anilines is 1. The number of nitrogens with one attached hydrogen (secondary N) is 1. The summed E-state index contributed by atoms with van der Waals surface area (Å²) < 4.78 is 16.1. The lowest BCUT2D eigenvalue weighted by molar-refractivity contribution is -0.116. The second-order valence-electron chi connectivity index (χ2n) is 7.32. The normalized spacial score (nSPS) is 13.0. The molecule has 1 aliphatic carbocycles. The molecule has 3 heterocycles. The molecule has 30 heavy (non-hydrogen) atoms. The van der Waals surface area contributed by atoms with E-state index >= 15 is 0 Å². The van der Waals surface area contributed by atoms with E-state index in [9.17, 15) is 14.0 Å². The molecule has 1 amide bonds. The van der Waals surface area contributed by atoms with Gasteiger partial charge in [0.05, 0.1) is 23.1 Å². The summed E-state index contributed by atoms with van der Waals surface area (Å²) in [5.74, 6) is -0.272. The average molecular weight is 423 g/mol. The van der Waals surface area contributed by atoms with Crippen LogP contribution in [0.5, 0.6) is 0 Å². The summed E-state index contributed by atoms with van der Waals surface area (Å²) in [4.78, 5) is 32.0. The number of nitrogens with zero attached hydrogens (tertiary/aromatic N) is 4. The van der Waals surface area contributed by atoms with E-state index in [1.54, 1.807) is 36.5 Å². The molecule has 5 rings (SSSR count). The lowest BCUT2D eigenvalue weighted by Gasteiger charge is -2.10. The minimum absolute atomic E-state index is 0.153. The highest BCUT2D eigenvalue weighted by atomic mass is 32.1. The van der Waals surface area contributed by atoms with Crippen LogP contribution < -0.4 is 10.9 Å². The Balaban J connectivity index is 1.42. The van der Waals surface area contributed by atoms with Crippen LogP contribution in [0.3, 0.4) is 0 Å². The summed E-state index contributed by atoms with van der Waals surface area (Å²) in [6, 6.07) is 7.54. The van der Waals surface area contributed by atoms with Gasteiger partial charge in [-0.25, -0.2) is 14.1 Å². The van der Waals surface area contributed by atoms with E-state index in [1.165, 1.54) is 32.6 Å². The monoisotopic (exact) mass is 423 g/mol. The van der Waals surface area contributed by atoms with Gasteiger partial charge >= 0.3 is 0 Å². The summed E-state index contributed by atoms with van der Waals surface area (Å²) in [7, 11) is 0. The maximum absolute atomic E-state index is 13.2. The molecule has 0 aliphatic heterocycles. The van der Waals surface area contributed by atoms with Gasteiger partial charge in [-0.2, -0.15) is 5.10 Å². The van der Waals surface area contributed by atoms with Crippen LogP contribution in [0.15, 0.2) is 41.5 Å². The molecule has 0 unspecified atom stereocenters. The fraction of sp³-hybridized carbons (Fsp3) is 0.238. The minimum atomic E-state index is -0.367. The number of hydrogen-bond acceptors (Lipinski definition) is 5. The van der Waals surface area contributed by atoms with Crippen molar-refractivity contribution >= 4 is 33.3 Å². The second-order valence-corrected chi connectivity index (χ2v) is 8.41. The van der Waals surface area contributed by atoms with Gasteiger partial charge in [0, 0.05) is 10.9 Å². The Hall–Kier alpha value is -3.33. The largest absolute Gasteiger partial charge is 0.309 e. The first-order valence-electron chi connectivity index (χ1n) is 9.62. The maximum atomic E-state index is 13.2. The van der Waals surface area contributed by atoms with Crippen molar-refractivity contribution in [3.8, 4) is 5.69 Å². The number of carbonyl (C=O) groups excluding carboxylic acids is 1. The molecule has 1 aliphatic rings. The number of aromatic nitrogens is 4. The zero-order chi connectivity index (χ0) is 20.8. The summed E-state index contributed by atoms with van der Waals surface area (Å²) in [5, 5.41) is 7.81. The van der Waals surface area contributed by atoms with Crippen LogP contribution in [0, 0.1) is 12.7 Å². The Kier molecular flexibility index (Phi) is 4.47. The van der Waals surface area contributed by atoms with Crippen molar-refractivity contribution in [3.05, 3.63) is 69.0 Å². The lowest BCUT2D eigenvalue weighted by atomic mass is 10.2. The van der Waals surface area contributed by atoms with E-state index in [-0.39, 0.29) is 23.8 Å². The standard InChI is InChI=1S/C21H18FN5O2S/c1-12-9-17(27(25-12)14-7-5-13(22)6-8-14)24-18(28)10-26-11-23-20-19(21(26)29)15-3-2-4-16(15)30-20/h5-9,11H,2-4,10H2,1H3,(H,24,28). The number of hydrogen-bond donors (Lipinski definition) is 1. The van der Waals surface area contributed by atoms with Crippen molar-refractivity contribution in [2.24, 2.45) is 0 Å². The third-order valence-electron chi connectivity index (χ3n) is 5.18. The topological polar surface area (TPSA) is 81.8 Å². The molecule has 9 heteroatoms. The van der Waals surface area contributed by atoms with Crippen molar-refractivity contribution in [2.45, 2.75) is 32.7 Å². The van der Waals surface area contributed by atoms with Gasteiger partial charge in [0.25, 0.3) is 5.56 Å². The second kappa shape index (κ2) is 7.17. The Morgan fingerprint density at radius 1 is 1.27 bits per heavy atom. The highest BCUT2D eigenvalue weighted by Gasteiger charge is 2.22. The number of rotatable bonds is 4. The molecular weight excluding hydrogens is 405 g/mol. The molecule has 0 bridgehead atoms. The number of amides is 1. The Labute approximate surface area is 174 Å². The lowest BCUT2D eigenvalue weighted by Crippen LogP contribution is -2.28. The maximum Gasteiger partial charge on any atom is 0.262 e. The van der Waals surface area contributed by atoms with Gasteiger partial charge in [-0.1, -0.05) is 0 Å². The molecule has 1 aromatic carbocycles. The average Bonchev–Trinajstić information content (AvgIpc) is 3.39. The first-order valence-corrected chi connectivity index (χ1v) is 10.4. The third kappa shape index (κ3) is 3.21. The molecule has 0 spiro atoms. The number of aryl methyl sites for hydroxylation is 3. The van der Waals surface area contributed by atoms with Crippen molar-refractivity contribution < 1.29 is 9.18 Å². The molecule has 7 nitrogen and oxygen atoms in total. The number of carbonyl (C=O) groups is 1. The molecule has 0 atom stereocenters. The van der Waals surface area contributed by atoms with E-state index < -0.39 is 0 Å². The molecule has 1 N–H and O–H groups in total.